The van der Waals surface area contributed by atoms with Crippen LogP contribution in [0.2, 0.25) is 0 Å². The van der Waals surface area contributed by atoms with E-state index in [-0.39, 0.29) is 16.8 Å². The largest absolute Gasteiger partial charge is 0.478 e. The van der Waals surface area contributed by atoms with Crippen LogP contribution in [0.15, 0.2) is 6.20 Å². The van der Waals surface area contributed by atoms with E-state index in [1.807, 2.05) is 0 Å². The molecule has 0 aliphatic heterocycles. The lowest BCUT2D eigenvalue weighted by atomic mass is 10.2. The summed E-state index contributed by atoms with van der Waals surface area (Å²) in [7, 11) is 0. The number of aromatic nitrogens is 1. The van der Waals surface area contributed by atoms with Crippen LogP contribution in [0.25, 0.3) is 0 Å². The highest BCUT2D eigenvalue weighted by Gasteiger charge is 2.38. The van der Waals surface area contributed by atoms with Crippen molar-refractivity contribution < 1.29 is 32.7 Å². The van der Waals surface area contributed by atoms with Crippen molar-refractivity contribution in [3.63, 3.8) is 0 Å². The Morgan fingerprint density at radius 3 is 2.19 bits per heavy atom. The Balaban J connectivity index is 3.03. The molecule has 0 radical (unpaired) electrons. The molecule has 0 aliphatic carbocycles. The van der Waals surface area contributed by atoms with Gasteiger partial charge < -0.3 is 10.4 Å². The third-order valence-electron chi connectivity index (χ3n) is 2.91. The fraction of sp³-hybridized carbons (Fsp3) is 0.417. The number of nitrogens with zero attached hydrogens (tertiary/aromatic N) is 1. The first-order valence-corrected chi connectivity index (χ1v) is 5.80. The molecule has 6 nitrogen and oxygen atoms in total. The predicted molar refractivity (Wildman–Crippen MR) is 65.2 cm³/mol. The fourth-order valence-corrected chi connectivity index (χ4v) is 1.74. The normalized spacial score (nSPS) is 12.9. The number of carboxylic acid groups (broad SMARTS) is 1. The van der Waals surface area contributed by atoms with Crippen molar-refractivity contribution in [3.8, 4) is 0 Å². The molecule has 1 heterocycles. The summed E-state index contributed by atoms with van der Waals surface area (Å²) in [6, 6.07) is -2.19. The second-order valence-corrected chi connectivity index (χ2v) is 4.49. The highest BCUT2D eigenvalue weighted by Crippen LogP contribution is 2.20. The third kappa shape index (κ3) is 3.41. The summed E-state index contributed by atoms with van der Waals surface area (Å²) in [5.41, 5.74) is 0.0323. The molecular formula is C12H13F3N2O4. The molecule has 0 aliphatic rings. The van der Waals surface area contributed by atoms with Crippen molar-refractivity contribution in [1.29, 1.82) is 0 Å². The van der Waals surface area contributed by atoms with E-state index in [9.17, 15) is 27.6 Å². The first kappa shape index (κ1) is 16.7. The molecule has 1 amide bonds. The van der Waals surface area contributed by atoms with Gasteiger partial charge in [0.05, 0.1) is 5.56 Å². The van der Waals surface area contributed by atoms with Gasteiger partial charge in [-0.25, -0.2) is 4.79 Å². The molecule has 0 spiro atoms. The Hall–Kier alpha value is -2.32. The number of rotatable bonds is 2. The highest BCUT2D eigenvalue weighted by atomic mass is 19.4. The van der Waals surface area contributed by atoms with Crippen LogP contribution in [-0.2, 0) is 4.79 Å². The number of aryl methyl sites for hydroxylation is 1. The van der Waals surface area contributed by atoms with Crippen molar-refractivity contribution in [2.45, 2.75) is 33.0 Å². The second kappa shape index (κ2) is 5.58. The maximum atomic E-state index is 12.3. The molecule has 1 aromatic rings. The number of hydrogen-bond donors (Lipinski definition) is 2. The highest BCUT2D eigenvalue weighted by molar-refractivity contribution is 6.36. The van der Waals surface area contributed by atoms with Gasteiger partial charge in [0.2, 0.25) is 0 Å². The minimum absolute atomic E-state index is 0.0280. The number of alkyl halides is 3. The van der Waals surface area contributed by atoms with Crippen molar-refractivity contribution in [2.24, 2.45) is 0 Å². The van der Waals surface area contributed by atoms with Gasteiger partial charge in [0.15, 0.2) is 0 Å². The Morgan fingerprint density at radius 1 is 1.29 bits per heavy atom. The Labute approximate surface area is 117 Å². The lowest BCUT2D eigenvalue weighted by Gasteiger charge is -2.16. The zero-order chi connectivity index (χ0) is 16.5. The van der Waals surface area contributed by atoms with Crippen LogP contribution in [0, 0.1) is 13.8 Å². The van der Waals surface area contributed by atoms with Gasteiger partial charge in [0.1, 0.15) is 6.04 Å². The number of carboxylic acids is 1. The van der Waals surface area contributed by atoms with E-state index in [0.29, 0.717) is 6.92 Å². The molecule has 0 aromatic carbocycles. The molecule has 2 N–H and O–H groups in total. The van der Waals surface area contributed by atoms with Gasteiger partial charge in [0.25, 0.3) is 0 Å². The van der Waals surface area contributed by atoms with E-state index >= 15 is 0 Å². The SMILES string of the molecule is Cc1cn(C(=O)C(=O)N[C@@H](C)C(F)(F)F)c(C)c1C(=O)O. The van der Waals surface area contributed by atoms with Gasteiger partial charge in [-0.05, 0) is 26.3 Å². The molecule has 0 fully saturated rings. The van der Waals surface area contributed by atoms with Gasteiger partial charge in [-0.15, -0.1) is 0 Å². The van der Waals surface area contributed by atoms with Crippen molar-refractivity contribution >= 4 is 17.8 Å². The Morgan fingerprint density at radius 2 is 1.81 bits per heavy atom. The van der Waals surface area contributed by atoms with Gasteiger partial charge >= 0.3 is 24.0 Å². The van der Waals surface area contributed by atoms with E-state index in [4.69, 9.17) is 5.11 Å². The van der Waals surface area contributed by atoms with Gasteiger partial charge in [0, 0.05) is 11.9 Å². The van der Waals surface area contributed by atoms with Crippen LogP contribution in [0.4, 0.5) is 13.2 Å². The number of carbonyl (C=O) groups excluding carboxylic acids is 2. The van der Waals surface area contributed by atoms with Crippen LogP contribution in [-0.4, -0.2) is 39.7 Å². The first-order chi connectivity index (χ1) is 9.46. The van der Waals surface area contributed by atoms with Crippen molar-refractivity contribution in [1.82, 2.24) is 9.88 Å². The quantitative estimate of drug-likeness (QED) is 0.811. The topological polar surface area (TPSA) is 88.4 Å². The zero-order valence-electron chi connectivity index (χ0n) is 11.4. The third-order valence-corrected chi connectivity index (χ3v) is 2.91. The average Bonchev–Trinajstić information content (AvgIpc) is 2.62. The summed E-state index contributed by atoms with van der Waals surface area (Å²) >= 11 is 0. The molecule has 116 valence electrons. The summed E-state index contributed by atoms with van der Waals surface area (Å²) in [6.45, 7) is 3.40. The number of nitrogens with one attached hydrogen (secondary N) is 1. The van der Waals surface area contributed by atoms with Crippen LogP contribution in [0.3, 0.4) is 0 Å². The van der Waals surface area contributed by atoms with E-state index in [1.54, 1.807) is 0 Å². The molecule has 0 saturated heterocycles. The number of hydrogen-bond acceptors (Lipinski definition) is 3. The number of aromatic carboxylic acids is 1. The molecule has 9 heteroatoms. The van der Waals surface area contributed by atoms with E-state index in [1.165, 1.54) is 19.2 Å². The molecule has 1 rings (SSSR count). The number of amides is 1. The molecule has 0 unspecified atom stereocenters. The molecule has 0 bridgehead atoms. The summed E-state index contributed by atoms with van der Waals surface area (Å²) < 4.78 is 37.7. The molecule has 21 heavy (non-hydrogen) atoms. The van der Waals surface area contributed by atoms with E-state index in [2.05, 4.69) is 0 Å². The summed E-state index contributed by atoms with van der Waals surface area (Å²) in [4.78, 5) is 34.3. The van der Waals surface area contributed by atoms with Crippen molar-refractivity contribution in [2.75, 3.05) is 0 Å². The van der Waals surface area contributed by atoms with Gasteiger partial charge in [-0.1, -0.05) is 0 Å². The minimum Gasteiger partial charge on any atom is -0.478 e. The first-order valence-electron chi connectivity index (χ1n) is 5.80. The number of carbonyl (C=O) groups is 3. The molecule has 1 atom stereocenters. The maximum Gasteiger partial charge on any atom is 0.408 e. The van der Waals surface area contributed by atoms with Gasteiger partial charge in [-0.3, -0.25) is 14.2 Å². The van der Waals surface area contributed by atoms with E-state index in [0.717, 1.165) is 10.8 Å². The zero-order valence-corrected chi connectivity index (χ0v) is 11.4. The number of halogens is 3. The van der Waals surface area contributed by atoms with E-state index < -0.39 is 30.0 Å². The summed E-state index contributed by atoms with van der Waals surface area (Å²) in [5.74, 6) is -4.03. The van der Waals surface area contributed by atoms with Crippen molar-refractivity contribution in [3.05, 3.63) is 23.0 Å². The van der Waals surface area contributed by atoms with Crippen LogP contribution >= 0.6 is 0 Å². The summed E-state index contributed by atoms with van der Waals surface area (Å²) in [6.07, 6.45) is -3.58. The van der Waals surface area contributed by atoms with Crippen LogP contribution < -0.4 is 5.32 Å². The standard InChI is InChI=1S/C12H13F3N2O4/c1-5-4-17(6(2)8(5)11(20)21)10(19)9(18)16-7(3)12(13,14)15/h4,7H,1-3H3,(H,16,18)(H,20,21)/t7-/m0/s1. The molecular weight excluding hydrogens is 293 g/mol. The lowest BCUT2D eigenvalue weighted by molar-refractivity contribution is -0.156. The Kier molecular flexibility index (Phi) is 4.45. The fourth-order valence-electron chi connectivity index (χ4n) is 1.74. The van der Waals surface area contributed by atoms with Gasteiger partial charge in [-0.2, -0.15) is 13.2 Å². The average molecular weight is 306 g/mol. The molecule has 1 aromatic heterocycles. The monoisotopic (exact) mass is 306 g/mol. The lowest BCUT2D eigenvalue weighted by Crippen LogP contribution is -2.47. The second-order valence-electron chi connectivity index (χ2n) is 4.49. The van der Waals surface area contributed by atoms with Crippen LogP contribution in [0.1, 0.15) is 33.3 Å². The summed E-state index contributed by atoms with van der Waals surface area (Å²) in [5, 5.41) is 10.5. The Bertz CT molecular complexity index is 604. The predicted octanol–water partition coefficient (Wildman–Crippen LogP) is 1.51. The molecule has 0 saturated carbocycles. The minimum atomic E-state index is -4.68. The maximum absolute atomic E-state index is 12.3. The van der Waals surface area contributed by atoms with Crippen LogP contribution in [0.5, 0.6) is 0 Å². The smallest absolute Gasteiger partial charge is 0.408 e.